The molecule has 142 valence electrons. The topological polar surface area (TPSA) is 84.9 Å². The van der Waals surface area contributed by atoms with Crippen LogP contribution in [0.5, 0.6) is 11.5 Å². The van der Waals surface area contributed by atoms with E-state index in [2.05, 4.69) is 5.32 Å². The van der Waals surface area contributed by atoms with Crippen molar-refractivity contribution >= 4 is 17.6 Å². The van der Waals surface area contributed by atoms with E-state index in [9.17, 15) is 14.4 Å². The smallest absolute Gasteiger partial charge is 0.224 e. The normalized spacial score (nSPS) is 16.5. The molecule has 0 aliphatic carbocycles. The Bertz CT molecular complexity index is 701. The number of benzene rings is 1. The van der Waals surface area contributed by atoms with Gasteiger partial charge in [0.05, 0.1) is 26.7 Å². The number of hydrogen-bond donors (Lipinski definition) is 1. The number of likely N-dealkylation sites (tertiary alicyclic amines) is 1. The second-order valence-electron chi connectivity index (χ2n) is 6.41. The Morgan fingerprint density at radius 2 is 1.88 bits per heavy atom. The first-order chi connectivity index (χ1) is 12.4. The number of carbonyl (C=O) groups excluding carboxylic acids is 3. The Hall–Kier alpha value is -2.57. The van der Waals surface area contributed by atoms with Crippen molar-refractivity contribution in [1.82, 2.24) is 10.2 Å². The molecule has 1 aromatic carbocycles. The van der Waals surface area contributed by atoms with Crippen molar-refractivity contribution in [3.63, 3.8) is 0 Å². The van der Waals surface area contributed by atoms with Gasteiger partial charge in [0, 0.05) is 25.1 Å². The fourth-order valence-corrected chi connectivity index (χ4v) is 3.20. The summed E-state index contributed by atoms with van der Waals surface area (Å²) in [5, 5.41) is 2.89. The maximum atomic E-state index is 12.4. The van der Waals surface area contributed by atoms with Gasteiger partial charge in [-0.25, -0.2) is 0 Å². The maximum Gasteiger partial charge on any atom is 0.224 e. The predicted octanol–water partition coefficient (Wildman–Crippen LogP) is 1.58. The summed E-state index contributed by atoms with van der Waals surface area (Å²) in [7, 11) is 2.99. The van der Waals surface area contributed by atoms with Crippen molar-refractivity contribution < 1.29 is 23.9 Å². The molecule has 0 radical (unpaired) electrons. The molecule has 7 nitrogen and oxygen atoms in total. The van der Waals surface area contributed by atoms with Crippen molar-refractivity contribution in [3.05, 3.63) is 23.3 Å². The van der Waals surface area contributed by atoms with Gasteiger partial charge >= 0.3 is 0 Å². The minimum atomic E-state index is -0.226. The number of ketones is 1. The van der Waals surface area contributed by atoms with E-state index in [-0.39, 0.29) is 30.1 Å². The molecule has 1 N–H and O–H groups in total. The van der Waals surface area contributed by atoms with E-state index >= 15 is 0 Å². The van der Waals surface area contributed by atoms with Gasteiger partial charge < -0.3 is 19.7 Å². The number of nitrogens with one attached hydrogen (secondary N) is 1. The molecule has 2 amide bonds. The summed E-state index contributed by atoms with van der Waals surface area (Å²) in [4.78, 5) is 38.1. The van der Waals surface area contributed by atoms with Crippen LogP contribution in [0.15, 0.2) is 12.1 Å². The van der Waals surface area contributed by atoms with Crippen LogP contribution in [0.3, 0.4) is 0 Å². The molecule has 1 saturated heterocycles. The maximum absolute atomic E-state index is 12.4. The average molecular weight is 362 g/mol. The lowest BCUT2D eigenvalue weighted by Crippen LogP contribution is -2.38. The van der Waals surface area contributed by atoms with E-state index < -0.39 is 0 Å². The number of ether oxygens (including phenoxy) is 2. The number of amides is 2. The molecule has 1 unspecified atom stereocenters. The van der Waals surface area contributed by atoms with Gasteiger partial charge in [-0.3, -0.25) is 14.4 Å². The van der Waals surface area contributed by atoms with Crippen LogP contribution in [0.4, 0.5) is 0 Å². The lowest BCUT2D eigenvalue weighted by Gasteiger charge is -2.17. The van der Waals surface area contributed by atoms with E-state index in [0.29, 0.717) is 42.1 Å². The first-order valence-electron chi connectivity index (χ1n) is 8.72. The van der Waals surface area contributed by atoms with Gasteiger partial charge in [0.25, 0.3) is 0 Å². The third-order valence-electron chi connectivity index (χ3n) is 4.41. The quantitative estimate of drug-likeness (QED) is 0.710. The molecule has 0 saturated carbocycles. The molecule has 0 aromatic heterocycles. The Morgan fingerprint density at radius 3 is 2.46 bits per heavy atom. The first kappa shape index (κ1) is 19.8. The Morgan fingerprint density at radius 1 is 1.23 bits per heavy atom. The number of rotatable bonds is 8. The van der Waals surface area contributed by atoms with Crippen molar-refractivity contribution in [2.75, 3.05) is 27.3 Å². The van der Waals surface area contributed by atoms with Crippen LogP contribution in [-0.2, 0) is 16.0 Å². The number of carbonyl (C=O) groups is 3. The van der Waals surface area contributed by atoms with Crippen LogP contribution < -0.4 is 14.8 Å². The molecule has 1 aromatic rings. The molecule has 1 aliphatic rings. The molecule has 0 spiro atoms. The highest BCUT2D eigenvalue weighted by molar-refractivity contribution is 5.97. The summed E-state index contributed by atoms with van der Waals surface area (Å²) in [5.74, 6) is 0.589. The summed E-state index contributed by atoms with van der Waals surface area (Å²) in [6.45, 7) is 4.69. The highest BCUT2D eigenvalue weighted by Crippen LogP contribution is 2.31. The van der Waals surface area contributed by atoms with Crippen molar-refractivity contribution in [2.24, 2.45) is 0 Å². The third kappa shape index (κ3) is 4.53. The van der Waals surface area contributed by atoms with Crippen molar-refractivity contribution in [1.29, 1.82) is 0 Å². The first-order valence-corrected chi connectivity index (χ1v) is 8.72. The summed E-state index contributed by atoms with van der Waals surface area (Å²) in [5.41, 5.74) is 0.996. The van der Waals surface area contributed by atoms with Crippen molar-refractivity contribution in [3.8, 4) is 11.5 Å². The fraction of sp³-hybridized carbons (Fsp3) is 0.526. The largest absolute Gasteiger partial charge is 0.493 e. The van der Waals surface area contributed by atoms with Crippen LogP contribution in [0, 0.1) is 0 Å². The summed E-state index contributed by atoms with van der Waals surface area (Å²) in [6, 6.07) is 3.05. The van der Waals surface area contributed by atoms with Crippen LogP contribution in [0.2, 0.25) is 0 Å². The van der Waals surface area contributed by atoms with Gasteiger partial charge in [-0.2, -0.15) is 0 Å². The van der Waals surface area contributed by atoms with Gasteiger partial charge in [0.15, 0.2) is 17.3 Å². The zero-order valence-electron chi connectivity index (χ0n) is 15.8. The molecule has 7 heteroatoms. The standard InChI is InChI=1S/C19H26N2O5/c1-5-6-21-11-14(9-19(21)24)20-18(23)8-13-7-16(25-3)17(26-4)10-15(13)12(2)22/h7,10,14H,5-6,8-9,11H2,1-4H3,(H,20,23). The van der Waals surface area contributed by atoms with Gasteiger partial charge in [-0.05, 0) is 31.0 Å². The molecule has 1 heterocycles. The second-order valence-corrected chi connectivity index (χ2v) is 6.41. The highest BCUT2D eigenvalue weighted by Gasteiger charge is 2.30. The number of methoxy groups -OCH3 is 2. The Balaban J connectivity index is 2.11. The molecule has 0 bridgehead atoms. The zero-order chi connectivity index (χ0) is 19.3. The minimum absolute atomic E-state index is 0.0355. The van der Waals surface area contributed by atoms with E-state index in [4.69, 9.17) is 9.47 Å². The third-order valence-corrected chi connectivity index (χ3v) is 4.41. The van der Waals surface area contributed by atoms with Gasteiger partial charge in [0.2, 0.25) is 11.8 Å². The van der Waals surface area contributed by atoms with E-state index in [1.54, 1.807) is 17.0 Å². The van der Waals surface area contributed by atoms with E-state index in [1.807, 2.05) is 6.92 Å². The molecular weight excluding hydrogens is 336 g/mol. The lowest BCUT2D eigenvalue weighted by atomic mass is 10.00. The van der Waals surface area contributed by atoms with Gasteiger partial charge in [-0.15, -0.1) is 0 Å². The summed E-state index contributed by atoms with van der Waals surface area (Å²) >= 11 is 0. The minimum Gasteiger partial charge on any atom is -0.493 e. The zero-order valence-corrected chi connectivity index (χ0v) is 15.8. The molecule has 1 atom stereocenters. The Labute approximate surface area is 153 Å². The van der Waals surface area contributed by atoms with Crippen LogP contribution in [-0.4, -0.2) is 55.8 Å². The molecule has 1 fully saturated rings. The summed E-state index contributed by atoms with van der Waals surface area (Å²) in [6.07, 6.45) is 1.24. The van der Waals surface area contributed by atoms with Crippen LogP contribution >= 0.6 is 0 Å². The fourth-order valence-electron chi connectivity index (χ4n) is 3.20. The second kappa shape index (κ2) is 8.69. The van der Waals surface area contributed by atoms with Gasteiger partial charge in [-0.1, -0.05) is 6.92 Å². The van der Waals surface area contributed by atoms with Crippen LogP contribution in [0.25, 0.3) is 0 Å². The molecule has 2 rings (SSSR count). The van der Waals surface area contributed by atoms with Crippen LogP contribution in [0.1, 0.15) is 42.6 Å². The monoisotopic (exact) mass is 362 g/mol. The Kier molecular flexibility index (Phi) is 6.60. The average Bonchev–Trinajstić information content (AvgIpc) is 2.93. The molecule has 26 heavy (non-hydrogen) atoms. The number of Topliss-reactive ketones (excluding diaryl/α,β-unsaturated/α-hetero) is 1. The highest BCUT2D eigenvalue weighted by atomic mass is 16.5. The molecular formula is C19H26N2O5. The lowest BCUT2D eigenvalue weighted by molar-refractivity contribution is -0.127. The van der Waals surface area contributed by atoms with E-state index in [0.717, 1.165) is 6.42 Å². The molecule has 1 aliphatic heterocycles. The van der Waals surface area contributed by atoms with Gasteiger partial charge in [0.1, 0.15) is 0 Å². The predicted molar refractivity (Wildman–Crippen MR) is 96.7 cm³/mol. The summed E-state index contributed by atoms with van der Waals surface area (Å²) < 4.78 is 10.5. The SMILES string of the molecule is CCCN1CC(NC(=O)Cc2cc(OC)c(OC)cc2C(C)=O)CC1=O. The number of nitrogens with zero attached hydrogens (tertiary/aromatic N) is 1. The van der Waals surface area contributed by atoms with Crippen molar-refractivity contribution in [2.45, 2.75) is 39.2 Å². The van der Waals surface area contributed by atoms with E-state index in [1.165, 1.54) is 21.1 Å². The number of hydrogen-bond acceptors (Lipinski definition) is 5.